The summed E-state index contributed by atoms with van der Waals surface area (Å²) in [5.74, 6) is 0. The number of benzene rings is 1. The van der Waals surface area contributed by atoms with Crippen molar-refractivity contribution < 1.29 is 0 Å². The van der Waals surface area contributed by atoms with E-state index in [1.54, 1.807) is 0 Å². The Morgan fingerprint density at radius 3 is 1.43 bits per heavy atom. The summed E-state index contributed by atoms with van der Waals surface area (Å²) >= 11 is 0. The summed E-state index contributed by atoms with van der Waals surface area (Å²) in [4.78, 5) is 0. The average molecular weight is 561 g/mol. The predicted molar refractivity (Wildman–Crippen MR) is 177 cm³/mol. The van der Waals surface area contributed by atoms with E-state index in [0.29, 0.717) is 12.1 Å². The van der Waals surface area contributed by atoms with Crippen LogP contribution in [0.2, 0.25) is 0 Å². The van der Waals surface area contributed by atoms with Gasteiger partial charge in [-0.15, -0.1) is 0 Å². The lowest BCUT2D eigenvalue weighted by molar-refractivity contribution is 0.452. The zero-order valence-electron chi connectivity index (χ0n) is 26.6. The highest BCUT2D eigenvalue weighted by atomic mass is 14.9. The van der Waals surface area contributed by atoms with Gasteiger partial charge in [0.1, 0.15) is 0 Å². The minimum atomic E-state index is 0.490. The van der Waals surface area contributed by atoms with Gasteiger partial charge in [-0.25, -0.2) is 0 Å². The van der Waals surface area contributed by atoms with Crippen molar-refractivity contribution in [1.82, 2.24) is 21.3 Å². The molecule has 0 fully saturated rings. The van der Waals surface area contributed by atoms with Crippen LogP contribution in [0.4, 0.5) is 0 Å². The molecule has 0 radical (unpaired) electrons. The number of hydrogen-bond donors (Lipinski definition) is 6. The van der Waals surface area contributed by atoms with Crippen molar-refractivity contribution in [2.45, 2.75) is 129 Å². The molecule has 0 heterocycles. The number of hydrogen-bond acceptors (Lipinski definition) is 6. The zero-order valence-corrected chi connectivity index (χ0v) is 26.6. The van der Waals surface area contributed by atoms with E-state index in [4.69, 9.17) is 11.5 Å². The highest BCUT2D eigenvalue weighted by Gasteiger charge is 2.12. The summed E-state index contributed by atoms with van der Waals surface area (Å²) in [5, 5.41) is 14.9. The van der Waals surface area contributed by atoms with Crippen molar-refractivity contribution in [2.24, 2.45) is 11.5 Å². The molecule has 234 valence electrons. The van der Waals surface area contributed by atoms with Crippen LogP contribution in [0, 0.1) is 0 Å². The van der Waals surface area contributed by atoms with Crippen LogP contribution < -0.4 is 32.7 Å². The molecule has 0 amide bonds. The first-order valence-corrected chi connectivity index (χ1v) is 17.1. The third-order valence-electron chi connectivity index (χ3n) is 7.81. The summed E-state index contributed by atoms with van der Waals surface area (Å²) < 4.78 is 0. The summed E-state index contributed by atoms with van der Waals surface area (Å²) in [6.45, 7) is 12.7. The first-order valence-electron chi connectivity index (χ1n) is 17.1. The van der Waals surface area contributed by atoms with E-state index in [1.807, 2.05) is 0 Å². The van der Waals surface area contributed by atoms with Crippen molar-refractivity contribution in [2.75, 3.05) is 52.4 Å². The monoisotopic (exact) mass is 561 g/mol. The molecule has 0 saturated carbocycles. The Kier molecular flexibility index (Phi) is 26.0. The molecule has 0 saturated heterocycles. The standard InChI is InChI=1S/C34H68N6/c1-3-5-7-9-22-37-24-14-26-39-33(18-12-20-35)29-31-16-11-17-32(28-31)30-34(19-13-21-36)40-27-15-25-38-23-10-8-6-4-2/h11,16-17,28,33-34,37-40H,3-10,12-15,18-27,29-30,35-36H2,1-2H3. The normalized spacial score (nSPS) is 13.1. The summed E-state index contributed by atoms with van der Waals surface area (Å²) in [6, 6.07) is 10.3. The quantitative estimate of drug-likeness (QED) is 0.0716. The highest BCUT2D eigenvalue weighted by molar-refractivity contribution is 5.25. The molecular weight excluding hydrogens is 492 g/mol. The van der Waals surface area contributed by atoms with Gasteiger partial charge < -0.3 is 32.7 Å². The molecule has 0 bridgehead atoms. The molecule has 0 aliphatic carbocycles. The van der Waals surface area contributed by atoms with Gasteiger partial charge in [-0.3, -0.25) is 0 Å². The third kappa shape index (κ3) is 21.7. The topological polar surface area (TPSA) is 100 Å². The van der Waals surface area contributed by atoms with Crippen LogP contribution in [0.1, 0.15) is 115 Å². The zero-order chi connectivity index (χ0) is 28.9. The molecule has 0 aliphatic heterocycles. The van der Waals surface area contributed by atoms with Gasteiger partial charge in [0.05, 0.1) is 0 Å². The minimum absolute atomic E-state index is 0.490. The number of nitrogens with one attached hydrogen (secondary N) is 4. The molecule has 0 spiro atoms. The molecule has 0 aliphatic rings. The highest BCUT2D eigenvalue weighted by Crippen LogP contribution is 2.14. The lowest BCUT2D eigenvalue weighted by Crippen LogP contribution is -2.34. The Bertz CT molecular complexity index is 604. The van der Waals surface area contributed by atoms with E-state index in [-0.39, 0.29) is 0 Å². The molecule has 40 heavy (non-hydrogen) atoms. The molecule has 6 nitrogen and oxygen atoms in total. The maximum atomic E-state index is 5.87. The summed E-state index contributed by atoms with van der Waals surface area (Å²) in [7, 11) is 0. The van der Waals surface area contributed by atoms with Crippen molar-refractivity contribution in [3.63, 3.8) is 0 Å². The van der Waals surface area contributed by atoms with E-state index in [1.165, 1.54) is 75.3 Å². The van der Waals surface area contributed by atoms with Crippen LogP contribution >= 0.6 is 0 Å². The van der Waals surface area contributed by atoms with E-state index < -0.39 is 0 Å². The van der Waals surface area contributed by atoms with Crippen molar-refractivity contribution in [1.29, 1.82) is 0 Å². The Morgan fingerprint density at radius 1 is 0.550 bits per heavy atom. The first-order chi connectivity index (χ1) is 19.7. The van der Waals surface area contributed by atoms with Crippen molar-refractivity contribution in [3.8, 4) is 0 Å². The fraction of sp³-hybridized carbons (Fsp3) is 0.824. The molecule has 2 unspecified atom stereocenters. The second kappa shape index (κ2) is 28.1. The van der Waals surface area contributed by atoms with Gasteiger partial charge in [0, 0.05) is 12.1 Å². The first kappa shape index (κ1) is 37.0. The van der Waals surface area contributed by atoms with E-state index in [2.05, 4.69) is 59.4 Å². The van der Waals surface area contributed by atoms with Crippen LogP contribution in [0.15, 0.2) is 24.3 Å². The van der Waals surface area contributed by atoms with Crippen LogP contribution in [0.3, 0.4) is 0 Å². The van der Waals surface area contributed by atoms with Crippen LogP contribution in [-0.2, 0) is 12.8 Å². The van der Waals surface area contributed by atoms with Gasteiger partial charge in [-0.05, 0) is 128 Å². The molecule has 1 aromatic rings. The molecule has 0 aromatic heterocycles. The lowest BCUT2D eigenvalue weighted by atomic mass is 9.96. The largest absolute Gasteiger partial charge is 0.330 e. The molecule has 2 atom stereocenters. The molecule has 1 aromatic carbocycles. The molecular formula is C34H68N6. The van der Waals surface area contributed by atoms with Crippen LogP contribution in [0.5, 0.6) is 0 Å². The average Bonchev–Trinajstić information content (AvgIpc) is 2.96. The van der Waals surface area contributed by atoms with Crippen molar-refractivity contribution in [3.05, 3.63) is 35.4 Å². The van der Waals surface area contributed by atoms with Gasteiger partial charge >= 0.3 is 0 Å². The minimum Gasteiger partial charge on any atom is -0.330 e. The van der Waals surface area contributed by atoms with Gasteiger partial charge in [-0.1, -0.05) is 76.6 Å². The van der Waals surface area contributed by atoms with Crippen LogP contribution in [0.25, 0.3) is 0 Å². The summed E-state index contributed by atoms with van der Waals surface area (Å²) in [6.07, 6.45) is 19.5. The Balaban J connectivity index is 2.45. The second-order valence-corrected chi connectivity index (χ2v) is 11.7. The van der Waals surface area contributed by atoms with E-state index in [0.717, 1.165) is 90.9 Å². The predicted octanol–water partition coefficient (Wildman–Crippen LogP) is 5.29. The summed E-state index contributed by atoms with van der Waals surface area (Å²) in [5.41, 5.74) is 14.6. The van der Waals surface area contributed by atoms with Gasteiger partial charge in [0.25, 0.3) is 0 Å². The van der Waals surface area contributed by atoms with Gasteiger partial charge in [0.15, 0.2) is 0 Å². The van der Waals surface area contributed by atoms with Crippen LogP contribution in [-0.4, -0.2) is 64.4 Å². The fourth-order valence-corrected chi connectivity index (χ4v) is 5.38. The van der Waals surface area contributed by atoms with Crippen molar-refractivity contribution >= 4 is 0 Å². The lowest BCUT2D eigenvalue weighted by Gasteiger charge is -2.21. The van der Waals surface area contributed by atoms with Gasteiger partial charge in [-0.2, -0.15) is 0 Å². The maximum absolute atomic E-state index is 5.87. The number of unbranched alkanes of at least 4 members (excludes halogenated alkanes) is 6. The van der Waals surface area contributed by atoms with E-state index >= 15 is 0 Å². The maximum Gasteiger partial charge on any atom is 0.0108 e. The molecule has 6 heteroatoms. The Morgan fingerprint density at radius 2 is 1.00 bits per heavy atom. The molecule has 8 N–H and O–H groups in total. The fourth-order valence-electron chi connectivity index (χ4n) is 5.38. The smallest absolute Gasteiger partial charge is 0.0108 e. The van der Waals surface area contributed by atoms with Gasteiger partial charge in [0.2, 0.25) is 0 Å². The Hall–Kier alpha value is -1.02. The van der Waals surface area contributed by atoms with E-state index in [9.17, 15) is 0 Å². The SMILES string of the molecule is CCCCCCNCCCNC(CCCN)Cc1cccc(CC(CCCN)NCCCNCCCCCC)c1. The number of nitrogens with two attached hydrogens (primary N) is 2. The third-order valence-corrected chi connectivity index (χ3v) is 7.81. The Labute approximate surface area is 249 Å². The number of rotatable bonds is 30. The second-order valence-electron chi connectivity index (χ2n) is 11.7. The molecule has 1 rings (SSSR count).